The standard InChI is InChI=1S/C14H22N4O/c1-10-9-17(2)7-4-8-18(10)13-11(14(16)19)5-3-6-12(13)15/h3,5-6,10H,4,7-9,15H2,1-2H3,(H2,16,19). The summed E-state index contributed by atoms with van der Waals surface area (Å²) in [7, 11) is 2.11. The monoisotopic (exact) mass is 262 g/mol. The van der Waals surface area contributed by atoms with Crippen molar-refractivity contribution in [2.75, 3.05) is 37.3 Å². The van der Waals surface area contributed by atoms with Crippen molar-refractivity contribution in [3.8, 4) is 0 Å². The molecule has 5 nitrogen and oxygen atoms in total. The Morgan fingerprint density at radius 2 is 2.11 bits per heavy atom. The van der Waals surface area contributed by atoms with E-state index in [1.54, 1.807) is 12.1 Å². The Labute approximate surface area is 114 Å². The van der Waals surface area contributed by atoms with Gasteiger partial charge >= 0.3 is 0 Å². The van der Waals surface area contributed by atoms with Crippen molar-refractivity contribution >= 4 is 17.3 Å². The van der Waals surface area contributed by atoms with Crippen LogP contribution in [0.1, 0.15) is 23.7 Å². The molecule has 1 saturated heterocycles. The third-order valence-electron chi connectivity index (χ3n) is 3.67. The van der Waals surface area contributed by atoms with Crippen LogP contribution >= 0.6 is 0 Å². The van der Waals surface area contributed by atoms with Crippen LogP contribution in [0.25, 0.3) is 0 Å². The first-order valence-electron chi connectivity index (χ1n) is 6.64. The van der Waals surface area contributed by atoms with Gasteiger partial charge in [-0.1, -0.05) is 6.07 Å². The molecule has 4 N–H and O–H groups in total. The van der Waals surface area contributed by atoms with Crippen molar-refractivity contribution in [2.45, 2.75) is 19.4 Å². The number of likely N-dealkylation sites (N-methyl/N-ethyl adjacent to an activating group) is 1. The van der Waals surface area contributed by atoms with Gasteiger partial charge in [0.15, 0.2) is 0 Å². The highest BCUT2D eigenvalue weighted by Gasteiger charge is 2.24. The number of primary amides is 1. The van der Waals surface area contributed by atoms with E-state index in [2.05, 4.69) is 23.8 Å². The van der Waals surface area contributed by atoms with Gasteiger partial charge in [-0.25, -0.2) is 0 Å². The number of anilines is 2. The molecule has 0 bridgehead atoms. The SMILES string of the molecule is CC1CN(C)CCCN1c1c(N)cccc1C(N)=O. The third-order valence-corrected chi connectivity index (χ3v) is 3.67. The molecule has 1 amide bonds. The van der Waals surface area contributed by atoms with Crippen LogP contribution in [-0.2, 0) is 0 Å². The van der Waals surface area contributed by atoms with Gasteiger partial charge in [-0.2, -0.15) is 0 Å². The number of nitrogens with zero attached hydrogens (tertiary/aromatic N) is 2. The van der Waals surface area contributed by atoms with Crippen LogP contribution in [0.5, 0.6) is 0 Å². The summed E-state index contributed by atoms with van der Waals surface area (Å²) in [4.78, 5) is 16.1. The van der Waals surface area contributed by atoms with Gasteiger partial charge in [0.1, 0.15) is 0 Å². The van der Waals surface area contributed by atoms with E-state index in [0.29, 0.717) is 17.3 Å². The van der Waals surface area contributed by atoms with E-state index in [-0.39, 0.29) is 0 Å². The van der Waals surface area contributed by atoms with Crippen LogP contribution in [0.2, 0.25) is 0 Å². The molecule has 5 heteroatoms. The molecule has 1 fully saturated rings. The van der Waals surface area contributed by atoms with Crippen LogP contribution in [0.15, 0.2) is 18.2 Å². The van der Waals surface area contributed by atoms with E-state index >= 15 is 0 Å². The predicted molar refractivity (Wildman–Crippen MR) is 78.3 cm³/mol. The summed E-state index contributed by atoms with van der Waals surface area (Å²) in [6.45, 7) is 5.05. The Balaban J connectivity index is 2.42. The molecule has 1 aliphatic rings. The van der Waals surface area contributed by atoms with E-state index in [0.717, 1.165) is 31.7 Å². The normalized spacial score (nSPS) is 21.2. The van der Waals surface area contributed by atoms with Crippen molar-refractivity contribution in [3.05, 3.63) is 23.8 Å². The molecule has 1 unspecified atom stereocenters. The molecule has 0 radical (unpaired) electrons. The van der Waals surface area contributed by atoms with Crippen LogP contribution in [-0.4, -0.2) is 43.5 Å². The lowest BCUT2D eigenvalue weighted by molar-refractivity contribution is 0.100. The molecular formula is C14H22N4O. The van der Waals surface area contributed by atoms with Gasteiger partial charge in [-0.3, -0.25) is 4.79 Å². The average molecular weight is 262 g/mol. The molecule has 0 saturated carbocycles. The van der Waals surface area contributed by atoms with E-state index in [9.17, 15) is 4.79 Å². The second kappa shape index (κ2) is 5.48. The van der Waals surface area contributed by atoms with Gasteiger partial charge < -0.3 is 21.3 Å². The molecule has 19 heavy (non-hydrogen) atoms. The van der Waals surface area contributed by atoms with Gasteiger partial charge in [0, 0.05) is 19.1 Å². The number of hydrogen-bond donors (Lipinski definition) is 2. The van der Waals surface area contributed by atoms with Crippen LogP contribution < -0.4 is 16.4 Å². The third kappa shape index (κ3) is 2.81. The summed E-state index contributed by atoms with van der Waals surface area (Å²) in [5.41, 5.74) is 13.5. The Morgan fingerprint density at radius 1 is 1.37 bits per heavy atom. The van der Waals surface area contributed by atoms with E-state index in [1.807, 2.05) is 6.07 Å². The first kappa shape index (κ1) is 13.7. The quantitative estimate of drug-likeness (QED) is 0.776. The van der Waals surface area contributed by atoms with Crippen LogP contribution in [0.4, 0.5) is 11.4 Å². The zero-order valence-electron chi connectivity index (χ0n) is 11.6. The van der Waals surface area contributed by atoms with Crippen molar-refractivity contribution in [3.63, 3.8) is 0 Å². The Morgan fingerprint density at radius 3 is 2.79 bits per heavy atom. The minimum absolute atomic E-state index is 0.301. The molecule has 0 aromatic heterocycles. The maximum Gasteiger partial charge on any atom is 0.250 e. The molecule has 1 heterocycles. The first-order chi connectivity index (χ1) is 9.00. The molecule has 104 valence electrons. The average Bonchev–Trinajstić information content (AvgIpc) is 2.50. The molecular weight excluding hydrogens is 240 g/mol. The number of para-hydroxylation sites is 1. The lowest BCUT2D eigenvalue weighted by Crippen LogP contribution is -2.39. The molecule has 2 rings (SSSR count). The van der Waals surface area contributed by atoms with Crippen molar-refractivity contribution in [1.82, 2.24) is 4.90 Å². The Hall–Kier alpha value is -1.75. The molecule has 0 spiro atoms. The van der Waals surface area contributed by atoms with E-state index < -0.39 is 5.91 Å². The summed E-state index contributed by atoms with van der Waals surface area (Å²) < 4.78 is 0. The summed E-state index contributed by atoms with van der Waals surface area (Å²) in [6.07, 6.45) is 1.05. The fourth-order valence-electron chi connectivity index (χ4n) is 2.79. The number of hydrogen-bond acceptors (Lipinski definition) is 4. The number of carbonyl (C=O) groups is 1. The molecule has 0 aliphatic carbocycles. The van der Waals surface area contributed by atoms with Gasteiger partial charge in [0.25, 0.3) is 5.91 Å². The zero-order valence-corrected chi connectivity index (χ0v) is 11.6. The highest BCUT2D eigenvalue weighted by atomic mass is 16.1. The molecule has 1 aromatic carbocycles. The summed E-state index contributed by atoms with van der Waals surface area (Å²) in [5.74, 6) is -0.424. The van der Waals surface area contributed by atoms with E-state index in [1.165, 1.54) is 0 Å². The second-order valence-corrected chi connectivity index (χ2v) is 5.27. The Bertz CT molecular complexity index is 475. The highest BCUT2D eigenvalue weighted by Crippen LogP contribution is 2.30. The number of amides is 1. The lowest BCUT2D eigenvalue weighted by atomic mass is 10.1. The molecule has 1 atom stereocenters. The van der Waals surface area contributed by atoms with Gasteiger partial charge in [-0.05, 0) is 39.1 Å². The fourth-order valence-corrected chi connectivity index (χ4v) is 2.79. The minimum Gasteiger partial charge on any atom is -0.397 e. The summed E-state index contributed by atoms with van der Waals surface area (Å²) in [6, 6.07) is 5.64. The van der Waals surface area contributed by atoms with Crippen molar-refractivity contribution < 1.29 is 4.79 Å². The molecule has 1 aromatic rings. The molecule has 1 aliphatic heterocycles. The van der Waals surface area contributed by atoms with Gasteiger partial charge in [0.2, 0.25) is 0 Å². The fraction of sp³-hybridized carbons (Fsp3) is 0.500. The van der Waals surface area contributed by atoms with Crippen molar-refractivity contribution in [2.24, 2.45) is 5.73 Å². The van der Waals surface area contributed by atoms with Gasteiger partial charge in [0.05, 0.1) is 16.9 Å². The number of nitrogen functional groups attached to an aromatic ring is 1. The minimum atomic E-state index is -0.424. The second-order valence-electron chi connectivity index (χ2n) is 5.27. The maximum atomic E-state index is 11.6. The highest BCUT2D eigenvalue weighted by molar-refractivity contribution is 6.01. The zero-order chi connectivity index (χ0) is 14.0. The van der Waals surface area contributed by atoms with Crippen molar-refractivity contribution in [1.29, 1.82) is 0 Å². The topological polar surface area (TPSA) is 75.6 Å². The summed E-state index contributed by atoms with van der Waals surface area (Å²) >= 11 is 0. The van der Waals surface area contributed by atoms with Crippen LogP contribution in [0.3, 0.4) is 0 Å². The number of nitrogens with two attached hydrogens (primary N) is 2. The lowest BCUT2D eigenvalue weighted by Gasteiger charge is -2.32. The smallest absolute Gasteiger partial charge is 0.250 e. The number of carbonyl (C=O) groups excluding carboxylic acids is 1. The van der Waals surface area contributed by atoms with Gasteiger partial charge in [-0.15, -0.1) is 0 Å². The van der Waals surface area contributed by atoms with E-state index in [4.69, 9.17) is 11.5 Å². The Kier molecular flexibility index (Phi) is 3.95. The largest absolute Gasteiger partial charge is 0.397 e. The number of benzene rings is 1. The summed E-state index contributed by atoms with van der Waals surface area (Å²) in [5, 5.41) is 0. The number of rotatable bonds is 2. The maximum absolute atomic E-state index is 11.6. The predicted octanol–water partition coefficient (Wildman–Crippen LogP) is 0.898. The van der Waals surface area contributed by atoms with Crippen LogP contribution in [0, 0.1) is 0 Å². The first-order valence-corrected chi connectivity index (χ1v) is 6.64.